The predicted octanol–water partition coefficient (Wildman–Crippen LogP) is 5.43. The Morgan fingerprint density at radius 3 is 2.67 bits per heavy atom. The lowest BCUT2D eigenvalue weighted by atomic mass is 10.0. The van der Waals surface area contributed by atoms with Crippen molar-refractivity contribution in [1.29, 1.82) is 0 Å². The number of hydrogen-bond acceptors (Lipinski definition) is 4. The number of carbonyl (C=O) groups excluding carboxylic acids is 1. The van der Waals surface area contributed by atoms with Crippen LogP contribution >= 0.6 is 11.6 Å². The van der Waals surface area contributed by atoms with E-state index in [1.54, 1.807) is 29.2 Å². The van der Waals surface area contributed by atoms with E-state index in [2.05, 4.69) is 31.1 Å². The molecule has 0 saturated carbocycles. The minimum absolute atomic E-state index is 0.0481. The number of nitrogens with zero attached hydrogens (tertiary/aromatic N) is 2. The first-order valence-corrected chi connectivity index (χ1v) is 10.6. The summed E-state index contributed by atoms with van der Waals surface area (Å²) in [4.78, 5) is 15.0. The van der Waals surface area contributed by atoms with Crippen LogP contribution in [0.4, 0.5) is 0 Å². The molecule has 1 aliphatic rings. The molecule has 0 radical (unpaired) electrons. The Kier molecular flexibility index (Phi) is 6.21. The molecule has 1 saturated heterocycles. The number of hydrogen-bond donors (Lipinski definition) is 0. The van der Waals surface area contributed by atoms with Crippen LogP contribution in [0, 0.1) is 13.8 Å². The van der Waals surface area contributed by atoms with Gasteiger partial charge in [0.1, 0.15) is 5.69 Å². The molecule has 2 aromatic carbocycles. The van der Waals surface area contributed by atoms with Crippen molar-refractivity contribution in [3.63, 3.8) is 0 Å². The molecular formula is C24H25ClN2O3. The Bertz CT molecular complexity index is 1020. The van der Waals surface area contributed by atoms with E-state index in [4.69, 9.17) is 20.9 Å². The zero-order valence-electron chi connectivity index (χ0n) is 17.2. The maximum absolute atomic E-state index is 13.2. The van der Waals surface area contributed by atoms with Crippen molar-refractivity contribution in [3.8, 4) is 11.3 Å². The summed E-state index contributed by atoms with van der Waals surface area (Å²) >= 11 is 5.98. The molecule has 30 heavy (non-hydrogen) atoms. The predicted molar refractivity (Wildman–Crippen MR) is 117 cm³/mol. The third-order valence-electron chi connectivity index (χ3n) is 5.39. The van der Waals surface area contributed by atoms with E-state index >= 15 is 0 Å². The average Bonchev–Trinajstić information content (AvgIpc) is 3.40. The molecular weight excluding hydrogens is 400 g/mol. The van der Waals surface area contributed by atoms with Crippen LogP contribution in [-0.2, 0) is 11.3 Å². The fraction of sp³-hybridized carbons (Fsp3) is 0.333. The zero-order valence-corrected chi connectivity index (χ0v) is 18.0. The van der Waals surface area contributed by atoms with Crippen molar-refractivity contribution in [2.24, 2.45) is 0 Å². The summed E-state index contributed by atoms with van der Waals surface area (Å²) in [5.74, 6) is 0.636. The largest absolute Gasteiger partial charge is 0.376 e. The van der Waals surface area contributed by atoms with E-state index in [9.17, 15) is 4.79 Å². The first kappa shape index (κ1) is 20.6. The molecule has 4 rings (SSSR count). The van der Waals surface area contributed by atoms with Gasteiger partial charge in [-0.1, -0.05) is 40.5 Å². The summed E-state index contributed by atoms with van der Waals surface area (Å²) in [6.07, 6.45) is 2.03. The van der Waals surface area contributed by atoms with Crippen LogP contribution in [0.25, 0.3) is 11.3 Å². The second-order valence-corrected chi connectivity index (χ2v) is 8.26. The molecule has 0 N–H and O–H groups in total. The van der Waals surface area contributed by atoms with Gasteiger partial charge in [-0.3, -0.25) is 4.79 Å². The van der Waals surface area contributed by atoms with Crippen LogP contribution in [-0.4, -0.2) is 35.2 Å². The lowest BCUT2D eigenvalue weighted by molar-refractivity contribution is 0.0502. The maximum Gasteiger partial charge on any atom is 0.254 e. The molecule has 0 spiro atoms. The summed E-state index contributed by atoms with van der Waals surface area (Å²) in [5.41, 5.74) is 4.65. The second kappa shape index (κ2) is 9.02. The number of carbonyl (C=O) groups is 1. The molecule has 0 bridgehead atoms. The summed E-state index contributed by atoms with van der Waals surface area (Å²) in [7, 11) is 0. The summed E-state index contributed by atoms with van der Waals surface area (Å²) in [6.45, 7) is 5.74. The smallest absolute Gasteiger partial charge is 0.254 e. The van der Waals surface area contributed by atoms with Gasteiger partial charge in [-0.25, -0.2) is 0 Å². The molecule has 1 aliphatic heterocycles. The van der Waals surface area contributed by atoms with Gasteiger partial charge in [0.2, 0.25) is 0 Å². The van der Waals surface area contributed by atoms with Gasteiger partial charge in [0.15, 0.2) is 5.76 Å². The van der Waals surface area contributed by atoms with Gasteiger partial charge < -0.3 is 14.2 Å². The Balaban J connectivity index is 1.56. The molecule has 2 heterocycles. The van der Waals surface area contributed by atoms with E-state index in [1.165, 1.54) is 5.56 Å². The number of rotatable bonds is 6. The first-order valence-electron chi connectivity index (χ1n) is 10.2. The minimum Gasteiger partial charge on any atom is -0.376 e. The number of aryl methyl sites for hydroxylation is 2. The van der Waals surface area contributed by atoms with Gasteiger partial charge in [-0.2, -0.15) is 0 Å². The summed E-state index contributed by atoms with van der Waals surface area (Å²) < 4.78 is 11.4. The van der Waals surface area contributed by atoms with E-state index in [0.29, 0.717) is 35.1 Å². The second-order valence-electron chi connectivity index (χ2n) is 7.83. The van der Waals surface area contributed by atoms with Crippen molar-refractivity contribution < 1.29 is 14.1 Å². The SMILES string of the molecule is Cc1ccc(-c2cc(CN(C[C@H]3CCCO3)C(=O)c3ccc(Cl)cc3)no2)c(C)c1. The van der Waals surface area contributed by atoms with Crippen molar-refractivity contribution in [1.82, 2.24) is 10.1 Å². The van der Waals surface area contributed by atoms with E-state index in [-0.39, 0.29) is 12.0 Å². The number of halogens is 1. The fourth-order valence-electron chi connectivity index (χ4n) is 3.83. The van der Waals surface area contributed by atoms with Crippen LogP contribution in [0.2, 0.25) is 5.02 Å². The molecule has 0 unspecified atom stereocenters. The van der Waals surface area contributed by atoms with Crippen molar-refractivity contribution in [2.75, 3.05) is 13.2 Å². The van der Waals surface area contributed by atoms with Crippen LogP contribution in [0.15, 0.2) is 53.1 Å². The Labute approximate surface area is 181 Å². The molecule has 5 nitrogen and oxygen atoms in total. The topological polar surface area (TPSA) is 55.6 Å². The molecule has 0 aliphatic carbocycles. The Morgan fingerprint density at radius 1 is 1.17 bits per heavy atom. The van der Waals surface area contributed by atoms with Gasteiger partial charge in [-0.05, 0) is 56.5 Å². The van der Waals surface area contributed by atoms with Gasteiger partial charge in [0.25, 0.3) is 5.91 Å². The first-order chi connectivity index (χ1) is 14.5. The average molecular weight is 425 g/mol. The standard InChI is InChI=1S/C24H25ClN2O3/c1-16-5-10-22(17(2)12-16)23-13-20(26-30-23)14-27(15-21-4-3-11-29-21)24(28)18-6-8-19(25)9-7-18/h5-10,12-13,21H,3-4,11,14-15H2,1-2H3/t21-/m1/s1. The van der Waals surface area contributed by atoms with Gasteiger partial charge in [0, 0.05) is 35.4 Å². The van der Waals surface area contributed by atoms with E-state index in [0.717, 1.165) is 30.6 Å². The molecule has 1 fully saturated rings. The highest BCUT2D eigenvalue weighted by atomic mass is 35.5. The third kappa shape index (κ3) is 4.74. The Hall–Kier alpha value is -2.63. The van der Waals surface area contributed by atoms with E-state index < -0.39 is 0 Å². The number of amides is 1. The van der Waals surface area contributed by atoms with Crippen molar-refractivity contribution in [2.45, 2.75) is 39.3 Å². The third-order valence-corrected chi connectivity index (χ3v) is 5.64. The number of aromatic nitrogens is 1. The molecule has 6 heteroatoms. The lowest BCUT2D eigenvalue weighted by Gasteiger charge is -2.24. The molecule has 3 aromatic rings. The van der Waals surface area contributed by atoms with Gasteiger partial charge in [0.05, 0.1) is 12.6 Å². The summed E-state index contributed by atoms with van der Waals surface area (Å²) in [5, 5.41) is 4.83. The highest BCUT2D eigenvalue weighted by Gasteiger charge is 2.25. The fourth-order valence-corrected chi connectivity index (χ4v) is 3.95. The number of ether oxygens (including phenoxy) is 1. The van der Waals surface area contributed by atoms with Gasteiger partial charge in [-0.15, -0.1) is 0 Å². The highest BCUT2D eigenvalue weighted by molar-refractivity contribution is 6.30. The normalized spacial score (nSPS) is 16.0. The minimum atomic E-state index is -0.0711. The quantitative estimate of drug-likeness (QED) is 0.529. The van der Waals surface area contributed by atoms with Crippen LogP contribution < -0.4 is 0 Å². The number of benzene rings is 2. The summed E-state index contributed by atoms with van der Waals surface area (Å²) in [6, 6.07) is 15.1. The van der Waals surface area contributed by atoms with Crippen LogP contribution in [0.5, 0.6) is 0 Å². The highest BCUT2D eigenvalue weighted by Crippen LogP contribution is 2.26. The molecule has 1 aromatic heterocycles. The van der Waals surface area contributed by atoms with Crippen molar-refractivity contribution in [3.05, 3.63) is 75.9 Å². The van der Waals surface area contributed by atoms with Gasteiger partial charge >= 0.3 is 0 Å². The van der Waals surface area contributed by atoms with Crippen molar-refractivity contribution >= 4 is 17.5 Å². The Morgan fingerprint density at radius 2 is 1.97 bits per heavy atom. The molecule has 1 amide bonds. The van der Waals surface area contributed by atoms with Crippen LogP contribution in [0.1, 0.15) is 40.0 Å². The maximum atomic E-state index is 13.2. The monoisotopic (exact) mass is 424 g/mol. The lowest BCUT2D eigenvalue weighted by Crippen LogP contribution is -2.37. The molecule has 1 atom stereocenters. The van der Waals surface area contributed by atoms with Crippen LogP contribution in [0.3, 0.4) is 0 Å². The van der Waals surface area contributed by atoms with E-state index in [1.807, 2.05) is 12.1 Å². The molecule has 156 valence electrons. The zero-order chi connectivity index (χ0) is 21.1.